The van der Waals surface area contributed by atoms with E-state index in [4.69, 9.17) is 16.3 Å². The first-order valence-electron chi connectivity index (χ1n) is 7.86. The van der Waals surface area contributed by atoms with Crippen molar-refractivity contribution in [2.24, 2.45) is 4.40 Å². The Bertz CT molecular complexity index is 1000. The second-order valence-corrected chi connectivity index (χ2v) is 7.58. The van der Waals surface area contributed by atoms with Gasteiger partial charge in [0.1, 0.15) is 12.4 Å². The zero-order valence-electron chi connectivity index (χ0n) is 13.7. The predicted molar refractivity (Wildman–Crippen MR) is 103 cm³/mol. The zero-order chi connectivity index (χ0) is 18.4. The highest BCUT2D eigenvalue weighted by atomic mass is 35.5. The fourth-order valence-electron chi connectivity index (χ4n) is 2.22. The summed E-state index contributed by atoms with van der Waals surface area (Å²) in [6, 6.07) is 22.6. The van der Waals surface area contributed by atoms with Crippen molar-refractivity contribution in [3.8, 4) is 5.75 Å². The summed E-state index contributed by atoms with van der Waals surface area (Å²) in [5, 5.41) is 0.673. The Morgan fingerprint density at radius 1 is 0.923 bits per heavy atom. The lowest BCUT2D eigenvalue weighted by Gasteiger charge is -2.07. The lowest BCUT2D eigenvalue weighted by molar-refractivity contribution is 0.306. The van der Waals surface area contributed by atoms with Gasteiger partial charge >= 0.3 is 0 Å². The smallest absolute Gasteiger partial charge is 0.282 e. The van der Waals surface area contributed by atoms with Crippen LogP contribution in [-0.4, -0.2) is 14.6 Å². The molecule has 0 aliphatic rings. The number of benzene rings is 3. The number of sulfonamides is 1. The fourth-order valence-corrected chi connectivity index (χ4v) is 3.22. The van der Waals surface area contributed by atoms with Gasteiger partial charge in [-0.15, -0.1) is 0 Å². The third-order valence-electron chi connectivity index (χ3n) is 3.56. The quantitative estimate of drug-likeness (QED) is 0.576. The molecule has 0 heterocycles. The average Bonchev–Trinajstić information content (AvgIpc) is 2.67. The first-order valence-corrected chi connectivity index (χ1v) is 9.67. The van der Waals surface area contributed by atoms with Crippen LogP contribution in [0.2, 0.25) is 5.02 Å². The summed E-state index contributed by atoms with van der Waals surface area (Å²) in [6.45, 7) is 0.389. The van der Waals surface area contributed by atoms with Crippen molar-refractivity contribution in [2.45, 2.75) is 11.5 Å². The maximum atomic E-state index is 12.2. The van der Waals surface area contributed by atoms with E-state index in [0.29, 0.717) is 22.9 Å². The monoisotopic (exact) mass is 385 g/mol. The van der Waals surface area contributed by atoms with Crippen molar-refractivity contribution in [3.63, 3.8) is 0 Å². The van der Waals surface area contributed by atoms with Gasteiger partial charge in [0.15, 0.2) is 0 Å². The van der Waals surface area contributed by atoms with E-state index in [-0.39, 0.29) is 4.90 Å². The Morgan fingerprint density at radius 2 is 1.65 bits per heavy atom. The maximum absolute atomic E-state index is 12.2. The highest BCUT2D eigenvalue weighted by Crippen LogP contribution is 2.17. The van der Waals surface area contributed by atoms with E-state index < -0.39 is 10.0 Å². The second kappa shape index (κ2) is 8.17. The topological polar surface area (TPSA) is 55.7 Å². The van der Waals surface area contributed by atoms with Crippen LogP contribution in [-0.2, 0) is 16.6 Å². The van der Waals surface area contributed by atoms with Crippen molar-refractivity contribution in [3.05, 3.63) is 95.0 Å². The van der Waals surface area contributed by atoms with E-state index in [1.54, 1.807) is 54.6 Å². The molecule has 0 aliphatic carbocycles. The molecule has 0 aromatic heterocycles. The molecule has 0 saturated heterocycles. The van der Waals surface area contributed by atoms with E-state index in [1.807, 2.05) is 12.1 Å². The second-order valence-electron chi connectivity index (χ2n) is 5.51. The molecule has 0 aliphatic heterocycles. The Labute approximate surface area is 157 Å². The molecule has 6 heteroatoms. The lowest BCUT2D eigenvalue weighted by atomic mass is 10.2. The van der Waals surface area contributed by atoms with E-state index in [1.165, 1.54) is 18.3 Å². The zero-order valence-corrected chi connectivity index (χ0v) is 15.3. The van der Waals surface area contributed by atoms with E-state index >= 15 is 0 Å². The number of rotatable bonds is 6. The summed E-state index contributed by atoms with van der Waals surface area (Å²) < 4.78 is 33.9. The first-order chi connectivity index (χ1) is 12.5. The summed E-state index contributed by atoms with van der Waals surface area (Å²) in [5.41, 5.74) is 1.62. The number of halogens is 1. The summed E-state index contributed by atoms with van der Waals surface area (Å²) in [7, 11) is -3.71. The fraction of sp³-hybridized carbons (Fsp3) is 0.0500. The first kappa shape index (κ1) is 18.2. The number of hydrogen-bond acceptors (Lipinski definition) is 3. The largest absolute Gasteiger partial charge is 0.489 e. The molecule has 4 nitrogen and oxygen atoms in total. The number of nitrogens with zero attached hydrogens (tertiary/aromatic N) is 1. The molecule has 3 aromatic rings. The third kappa shape index (κ3) is 4.94. The highest BCUT2D eigenvalue weighted by Gasteiger charge is 2.10. The summed E-state index contributed by atoms with van der Waals surface area (Å²) in [6.07, 6.45) is 1.32. The van der Waals surface area contributed by atoms with Crippen LogP contribution in [0.4, 0.5) is 0 Å². The van der Waals surface area contributed by atoms with Crippen LogP contribution in [0.15, 0.2) is 88.2 Å². The van der Waals surface area contributed by atoms with Gasteiger partial charge in [0.25, 0.3) is 10.0 Å². The molecule has 0 saturated carbocycles. The van der Waals surface area contributed by atoms with Crippen LogP contribution in [0.25, 0.3) is 0 Å². The van der Waals surface area contributed by atoms with Crippen molar-refractivity contribution in [2.75, 3.05) is 0 Å². The SMILES string of the molecule is O=S(=O)(/N=C\c1cccc(OCc2ccc(Cl)cc2)c1)c1ccccc1. The van der Waals surface area contributed by atoms with Crippen molar-refractivity contribution >= 4 is 27.8 Å². The van der Waals surface area contributed by atoms with Crippen LogP contribution in [0.3, 0.4) is 0 Å². The predicted octanol–water partition coefficient (Wildman–Crippen LogP) is 4.73. The van der Waals surface area contributed by atoms with Gasteiger partial charge in [0.2, 0.25) is 0 Å². The van der Waals surface area contributed by atoms with Gasteiger partial charge in [0, 0.05) is 11.2 Å². The minimum Gasteiger partial charge on any atom is -0.489 e. The van der Waals surface area contributed by atoms with Crippen LogP contribution < -0.4 is 4.74 Å². The molecule has 132 valence electrons. The maximum Gasteiger partial charge on any atom is 0.282 e. The van der Waals surface area contributed by atoms with Gasteiger partial charge in [-0.05, 0) is 47.5 Å². The van der Waals surface area contributed by atoms with Crippen LogP contribution in [0, 0.1) is 0 Å². The van der Waals surface area contributed by atoms with Gasteiger partial charge in [-0.1, -0.05) is 54.1 Å². The van der Waals surface area contributed by atoms with Gasteiger partial charge in [-0.3, -0.25) is 0 Å². The number of ether oxygens (including phenoxy) is 1. The average molecular weight is 386 g/mol. The van der Waals surface area contributed by atoms with Gasteiger partial charge in [0.05, 0.1) is 4.90 Å². The molecule has 26 heavy (non-hydrogen) atoms. The Kier molecular flexibility index (Phi) is 5.71. The van der Waals surface area contributed by atoms with E-state index in [2.05, 4.69) is 4.40 Å². The van der Waals surface area contributed by atoms with Crippen molar-refractivity contribution in [1.82, 2.24) is 0 Å². The summed E-state index contributed by atoms with van der Waals surface area (Å²) >= 11 is 5.86. The van der Waals surface area contributed by atoms with Crippen LogP contribution >= 0.6 is 11.6 Å². The van der Waals surface area contributed by atoms with Crippen molar-refractivity contribution in [1.29, 1.82) is 0 Å². The summed E-state index contributed by atoms with van der Waals surface area (Å²) in [5.74, 6) is 0.626. The Balaban J connectivity index is 1.70. The van der Waals surface area contributed by atoms with Gasteiger partial charge in [-0.2, -0.15) is 12.8 Å². The van der Waals surface area contributed by atoms with E-state index in [0.717, 1.165) is 5.56 Å². The molecule has 0 amide bonds. The standard InChI is InChI=1S/C20H16ClNO3S/c21-18-11-9-16(10-12-18)15-25-19-6-4-5-17(13-19)14-22-26(23,24)20-7-2-1-3-8-20/h1-14H,15H2/b22-14-. The molecule has 0 spiro atoms. The Hall–Kier alpha value is -2.63. The molecule has 0 fully saturated rings. The summed E-state index contributed by atoms with van der Waals surface area (Å²) in [4.78, 5) is 0.159. The van der Waals surface area contributed by atoms with Gasteiger partial charge in [-0.25, -0.2) is 0 Å². The normalized spacial score (nSPS) is 11.6. The van der Waals surface area contributed by atoms with Crippen LogP contribution in [0.1, 0.15) is 11.1 Å². The molecule has 0 atom stereocenters. The molecule has 0 N–H and O–H groups in total. The minimum atomic E-state index is -3.71. The van der Waals surface area contributed by atoms with E-state index in [9.17, 15) is 8.42 Å². The molecule has 3 aromatic carbocycles. The lowest BCUT2D eigenvalue weighted by Crippen LogP contribution is -1.98. The molecule has 0 unspecified atom stereocenters. The molecule has 0 radical (unpaired) electrons. The minimum absolute atomic E-state index is 0.159. The third-order valence-corrected chi connectivity index (χ3v) is 5.06. The highest BCUT2D eigenvalue weighted by molar-refractivity contribution is 7.90. The van der Waals surface area contributed by atoms with Crippen molar-refractivity contribution < 1.29 is 13.2 Å². The van der Waals surface area contributed by atoms with Crippen LogP contribution in [0.5, 0.6) is 5.75 Å². The van der Waals surface area contributed by atoms with Gasteiger partial charge < -0.3 is 4.74 Å². The molecular formula is C20H16ClNO3S. The molecule has 0 bridgehead atoms. The molecule has 3 rings (SSSR count). The molecular weight excluding hydrogens is 370 g/mol. The Morgan fingerprint density at radius 3 is 2.38 bits per heavy atom. The number of hydrogen-bond donors (Lipinski definition) is 0.